The molecule has 242 valence electrons. The lowest BCUT2D eigenvalue weighted by Crippen LogP contribution is -2.45. The number of primary amides is 1. The molecule has 0 radical (unpaired) electrons. The minimum Gasteiger partial charge on any atom is -0.429 e. The molecule has 0 saturated heterocycles. The van der Waals surface area contributed by atoms with Gasteiger partial charge in [0.25, 0.3) is 5.69 Å². The Bertz CT molecular complexity index is 1340. The summed E-state index contributed by atoms with van der Waals surface area (Å²) >= 11 is 0. The van der Waals surface area contributed by atoms with E-state index in [1.54, 1.807) is 30.3 Å². The SMILES string of the molecule is C=CCCC(=O)N[C@H](C(=O)C[C@@H](CCCNC(N)=O)C(=O)Nc1ccc(COC(=O)Oc2ccc([N+](=O)[O-])cc2)cc1)C(C)C. The van der Waals surface area contributed by atoms with E-state index in [4.69, 9.17) is 15.2 Å². The van der Waals surface area contributed by atoms with E-state index in [2.05, 4.69) is 22.5 Å². The maximum absolute atomic E-state index is 13.3. The average Bonchev–Trinajstić information content (AvgIpc) is 2.99. The number of benzene rings is 2. The van der Waals surface area contributed by atoms with Gasteiger partial charge < -0.3 is 31.2 Å². The second-order valence-corrected chi connectivity index (χ2v) is 10.5. The van der Waals surface area contributed by atoms with Crippen LogP contribution >= 0.6 is 0 Å². The zero-order valence-corrected chi connectivity index (χ0v) is 25.3. The number of nitrogens with two attached hydrogens (primary N) is 1. The number of ether oxygens (including phenoxy) is 2. The topological polar surface area (TPSA) is 209 Å². The molecule has 0 spiro atoms. The minimum atomic E-state index is -1.00. The molecule has 0 aliphatic carbocycles. The molecule has 2 rings (SSSR count). The van der Waals surface area contributed by atoms with E-state index in [-0.39, 0.29) is 61.5 Å². The first-order valence-corrected chi connectivity index (χ1v) is 14.3. The molecule has 0 unspecified atom stereocenters. The van der Waals surface area contributed by atoms with Gasteiger partial charge in [-0.3, -0.25) is 24.5 Å². The molecule has 0 heterocycles. The fraction of sp³-hybridized carbons (Fsp3) is 0.387. The van der Waals surface area contributed by atoms with Gasteiger partial charge in [0.2, 0.25) is 11.8 Å². The molecule has 14 heteroatoms. The summed E-state index contributed by atoms with van der Waals surface area (Å²) in [6, 6.07) is 9.92. The van der Waals surface area contributed by atoms with Gasteiger partial charge in [-0.1, -0.05) is 32.1 Å². The number of allylic oxidation sites excluding steroid dienone is 1. The van der Waals surface area contributed by atoms with Crippen LogP contribution in [0.25, 0.3) is 0 Å². The van der Waals surface area contributed by atoms with Crippen LogP contribution in [-0.2, 0) is 25.7 Å². The van der Waals surface area contributed by atoms with Gasteiger partial charge in [0.05, 0.1) is 11.0 Å². The molecule has 2 atom stereocenters. The molecular formula is C31H39N5O9. The monoisotopic (exact) mass is 625 g/mol. The number of amides is 4. The van der Waals surface area contributed by atoms with Crippen molar-refractivity contribution in [2.24, 2.45) is 17.6 Å². The molecule has 14 nitrogen and oxygen atoms in total. The van der Waals surface area contributed by atoms with Crippen molar-refractivity contribution in [2.75, 3.05) is 11.9 Å². The van der Waals surface area contributed by atoms with Crippen LogP contribution in [-0.4, -0.2) is 47.3 Å². The van der Waals surface area contributed by atoms with Gasteiger partial charge in [0, 0.05) is 43.1 Å². The third-order valence-corrected chi connectivity index (χ3v) is 6.58. The number of rotatable bonds is 18. The molecule has 2 aromatic rings. The maximum atomic E-state index is 13.3. The predicted octanol–water partition coefficient (Wildman–Crippen LogP) is 4.38. The van der Waals surface area contributed by atoms with E-state index >= 15 is 0 Å². The Morgan fingerprint density at radius 3 is 2.29 bits per heavy atom. The number of urea groups is 1. The Morgan fingerprint density at radius 1 is 1.04 bits per heavy atom. The van der Waals surface area contributed by atoms with E-state index < -0.39 is 35.0 Å². The van der Waals surface area contributed by atoms with Gasteiger partial charge in [-0.2, -0.15) is 0 Å². The highest BCUT2D eigenvalue weighted by atomic mass is 16.7. The number of nitrogens with zero attached hydrogens (tertiary/aromatic N) is 1. The molecule has 45 heavy (non-hydrogen) atoms. The Morgan fingerprint density at radius 2 is 1.71 bits per heavy atom. The first kappa shape index (κ1) is 35.9. The van der Waals surface area contributed by atoms with Gasteiger partial charge in [0.1, 0.15) is 12.4 Å². The summed E-state index contributed by atoms with van der Waals surface area (Å²) in [5.74, 6) is -1.86. The summed E-state index contributed by atoms with van der Waals surface area (Å²) in [6.45, 7) is 7.30. The van der Waals surface area contributed by atoms with E-state index in [1.165, 1.54) is 24.3 Å². The van der Waals surface area contributed by atoms with Crippen LogP contribution in [0.15, 0.2) is 61.2 Å². The number of nitro benzene ring substituents is 1. The van der Waals surface area contributed by atoms with Crippen LogP contribution in [0.1, 0.15) is 51.5 Å². The normalized spacial score (nSPS) is 11.9. The van der Waals surface area contributed by atoms with Crippen LogP contribution in [0.2, 0.25) is 0 Å². The number of ketones is 1. The fourth-order valence-electron chi connectivity index (χ4n) is 4.19. The van der Waals surface area contributed by atoms with Crippen molar-refractivity contribution in [1.82, 2.24) is 10.6 Å². The molecule has 0 bridgehead atoms. The molecule has 4 amide bonds. The first-order chi connectivity index (χ1) is 21.4. The molecular weight excluding hydrogens is 586 g/mol. The second kappa shape index (κ2) is 18.4. The summed E-state index contributed by atoms with van der Waals surface area (Å²) in [6.07, 6.45) is 1.82. The number of nitro groups is 1. The molecule has 0 saturated carbocycles. The van der Waals surface area contributed by atoms with Gasteiger partial charge in [-0.05, 0) is 55.0 Å². The third-order valence-electron chi connectivity index (χ3n) is 6.58. The fourth-order valence-corrected chi connectivity index (χ4v) is 4.19. The van der Waals surface area contributed by atoms with Crippen LogP contribution in [0, 0.1) is 22.0 Å². The molecule has 5 N–H and O–H groups in total. The summed E-state index contributed by atoms with van der Waals surface area (Å²) < 4.78 is 10.1. The summed E-state index contributed by atoms with van der Waals surface area (Å²) in [5, 5.41) is 18.8. The largest absolute Gasteiger partial charge is 0.514 e. The van der Waals surface area contributed by atoms with Crippen LogP contribution in [0.3, 0.4) is 0 Å². The van der Waals surface area contributed by atoms with Crippen molar-refractivity contribution < 1.29 is 38.4 Å². The zero-order valence-electron chi connectivity index (χ0n) is 25.3. The van der Waals surface area contributed by atoms with Gasteiger partial charge in [-0.25, -0.2) is 9.59 Å². The molecule has 0 aliphatic rings. The lowest BCUT2D eigenvalue weighted by molar-refractivity contribution is -0.384. The molecule has 0 fully saturated rings. The Labute approximate surface area is 260 Å². The standard InChI is InChI=1S/C31H39N5O9/c1-4-5-8-27(38)35-28(20(2)3)26(37)18-22(7-6-17-33-30(32)40)29(39)34-23-11-9-21(10-12-23)19-44-31(41)45-25-15-13-24(14-16-25)36(42)43/h4,9-16,20,22,28H,1,5-8,17-19H2,2-3H3,(H,34,39)(H,35,38)(H3,32,33,40)/t22-,28+/m1/s1. The third kappa shape index (κ3) is 13.3. The molecule has 2 aromatic carbocycles. The number of anilines is 1. The highest BCUT2D eigenvalue weighted by Gasteiger charge is 2.29. The number of hydrogen-bond donors (Lipinski definition) is 4. The minimum absolute atomic E-state index is 0.0805. The lowest BCUT2D eigenvalue weighted by atomic mass is 9.89. The Hall–Kier alpha value is -5.27. The Balaban J connectivity index is 2.00. The van der Waals surface area contributed by atoms with Crippen LogP contribution in [0.4, 0.5) is 21.0 Å². The van der Waals surface area contributed by atoms with Gasteiger partial charge in [-0.15, -0.1) is 6.58 Å². The quantitative estimate of drug-likeness (QED) is 0.0462. The van der Waals surface area contributed by atoms with Crippen molar-refractivity contribution in [3.05, 3.63) is 76.9 Å². The van der Waals surface area contributed by atoms with Gasteiger partial charge >= 0.3 is 12.2 Å². The molecule has 0 aromatic heterocycles. The number of nitrogens with one attached hydrogen (secondary N) is 3. The van der Waals surface area contributed by atoms with Gasteiger partial charge in [0.15, 0.2) is 5.78 Å². The highest BCUT2D eigenvalue weighted by Crippen LogP contribution is 2.21. The first-order valence-electron chi connectivity index (χ1n) is 14.3. The predicted molar refractivity (Wildman–Crippen MR) is 165 cm³/mol. The number of carbonyl (C=O) groups excluding carboxylic acids is 5. The van der Waals surface area contributed by atoms with Crippen molar-refractivity contribution >= 4 is 41.2 Å². The highest BCUT2D eigenvalue weighted by molar-refractivity contribution is 5.97. The molecule has 0 aliphatic heterocycles. The van der Waals surface area contributed by atoms with E-state index in [1.807, 2.05) is 13.8 Å². The summed E-state index contributed by atoms with van der Waals surface area (Å²) in [7, 11) is 0. The second-order valence-electron chi connectivity index (χ2n) is 10.5. The summed E-state index contributed by atoms with van der Waals surface area (Å²) in [4.78, 5) is 72.0. The van der Waals surface area contributed by atoms with Crippen molar-refractivity contribution in [2.45, 2.75) is 58.6 Å². The number of non-ortho nitro benzene ring substituents is 1. The zero-order chi connectivity index (χ0) is 33.4. The maximum Gasteiger partial charge on any atom is 0.514 e. The van der Waals surface area contributed by atoms with E-state index in [0.717, 1.165) is 0 Å². The number of Topliss-reactive ketones (excluding diaryl/α,β-unsaturated/α-hetero) is 1. The average molecular weight is 626 g/mol. The van der Waals surface area contributed by atoms with Crippen molar-refractivity contribution in [3.8, 4) is 5.75 Å². The van der Waals surface area contributed by atoms with Crippen molar-refractivity contribution in [3.63, 3.8) is 0 Å². The number of hydrogen-bond acceptors (Lipinski definition) is 9. The smallest absolute Gasteiger partial charge is 0.429 e. The number of carbonyl (C=O) groups is 5. The lowest BCUT2D eigenvalue weighted by Gasteiger charge is -2.24. The van der Waals surface area contributed by atoms with Crippen molar-refractivity contribution in [1.29, 1.82) is 0 Å². The summed E-state index contributed by atoms with van der Waals surface area (Å²) in [5.41, 5.74) is 5.99. The Kier molecular flexibility index (Phi) is 14.7. The van der Waals surface area contributed by atoms with Crippen LogP contribution < -0.4 is 26.4 Å². The van der Waals surface area contributed by atoms with E-state index in [9.17, 15) is 34.1 Å². The van der Waals surface area contributed by atoms with Crippen LogP contribution in [0.5, 0.6) is 5.75 Å². The van der Waals surface area contributed by atoms with E-state index in [0.29, 0.717) is 24.1 Å².